The molecule has 2 unspecified atom stereocenters. The van der Waals surface area contributed by atoms with E-state index in [4.69, 9.17) is 18.9 Å². The molecule has 20 heavy (non-hydrogen) atoms. The summed E-state index contributed by atoms with van der Waals surface area (Å²) in [7, 11) is 6.26. The molecule has 0 saturated carbocycles. The summed E-state index contributed by atoms with van der Waals surface area (Å²) in [4.78, 5) is 0. The minimum atomic E-state index is -0.547. The highest BCUT2D eigenvalue weighted by Crippen LogP contribution is 2.20. The van der Waals surface area contributed by atoms with Gasteiger partial charge in [-0.25, -0.2) is 0 Å². The van der Waals surface area contributed by atoms with Crippen molar-refractivity contribution in [1.29, 1.82) is 0 Å². The van der Waals surface area contributed by atoms with E-state index in [9.17, 15) is 0 Å². The highest BCUT2D eigenvalue weighted by Gasteiger charge is 2.21. The Labute approximate surface area is 118 Å². The lowest BCUT2D eigenvalue weighted by Crippen LogP contribution is -2.17. The predicted octanol–water partition coefficient (Wildman–Crippen LogP) is 1.15. The molecule has 0 aliphatic rings. The number of hydrogen-bond acceptors (Lipinski definition) is 7. The summed E-state index contributed by atoms with van der Waals surface area (Å²) in [6.45, 7) is 3.73. The third-order valence-electron chi connectivity index (χ3n) is 2.89. The van der Waals surface area contributed by atoms with Crippen LogP contribution in [0.2, 0.25) is 0 Å². The Morgan fingerprint density at radius 2 is 1.35 bits per heavy atom. The Morgan fingerprint density at radius 3 is 1.70 bits per heavy atom. The molecule has 0 saturated heterocycles. The van der Waals surface area contributed by atoms with Crippen molar-refractivity contribution in [3.05, 3.63) is 11.6 Å². The fraction of sp³-hybridized carbons (Fsp3) is 0.750. The molecular weight excluding hydrogens is 264 g/mol. The molecule has 0 N–H and O–H groups in total. The molecule has 1 rings (SSSR count). The average Bonchev–Trinajstić information content (AvgIpc) is 2.90. The van der Waals surface area contributed by atoms with Crippen molar-refractivity contribution in [3.8, 4) is 0 Å². The van der Waals surface area contributed by atoms with Crippen LogP contribution in [0.5, 0.6) is 0 Å². The van der Waals surface area contributed by atoms with Gasteiger partial charge in [-0.3, -0.25) is 0 Å². The zero-order valence-corrected chi connectivity index (χ0v) is 12.7. The van der Waals surface area contributed by atoms with Crippen LogP contribution in [0.25, 0.3) is 0 Å². The van der Waals surface area contributed by atoms with Gasteiger partial charge >= 0.3 is 0 Å². The smallest absolute Gasteiger partial charge is 0.195 e. The van der Waals surface area contributed by atoms with Gasteiger partial charge in [-0.05, 0) is 13.8 Å². The zero-order chi connectivity index (χ0) is 15.1. The van der Waals surface area contributed by atoms with Gasteiger partial charge in [-0.15, -0.1) is 10.2 Å². The van der Waals surface area contributed by atoms with Crippen molar-refractivity contribution in [2.75, 3.05) is 28.4 Å². The lowest BCUT2D eigenvalue weighted by molar-refractivity contribution is -0.0487. The first-order valence-electron chi connectivity index (χ1n) is 6.19. The Bertz CT molecular complexity index is 404. The molecule has 1 heterocycles. The molecule has 0 spiro atoms. The summed E-state index contributed by atoms with van der Waals surface area (Å²) in [5.41, 5.74) is 0. The Hall–Kier alpha value is -1.35. The zero-order valence-electron chi connectivity index (χ0n) is 12.7. The van der Waals surface area contributed by atoms with Gasteiger partial charge in [-0.1, -0.05) is 0 Å². The first kappa shape index (κ1) is 16.7. The average molecular weight is 286 g/mol. The van der Waals surface area contributed by atoms with Gasteiger partial charge < -0.3 is 18.9 Å². The minimum Gasteiger partial charge on any atom is -0.374 e. The molecule has 0 fully saturated rings. The maximum atomic E-state index is 5.26. The third kappa shape index (κ3) is 3.83. The van der Waals surface area contributed by atoms with E-state index in [-0.39, 0.29) is 12.2 Å². The van der Waals surface area contributed by atoms with Crippen LogP contribution in [0.1, 0.15) is 37.7 Å². The molecule has 0 aliphatic heterocycles. The van der Waals surface area contributed by atoms with Crippen molar-refractivity contribution in [2.45, 2.75) is 32.3 Å². The van der Waals surface area contributed by atoms with E-state index in [0.29, 0.717) is 11.6 Å². The summed E-state index contributed by atoms with van der Waals surface area (Å²) in [5.74, 6) is 1.15. The van der Waals surface area contributed by atoms with Gasteiger partial charge in [0.1, 0.15) is 12.2 Å². The van der Waals surface area contributed by atoms with E-state index < -0.39 is 6.29 Å². The van der Waals surface area contributed by atoms with E-state index in [1.165, 1.54) is 20.4 Å². The highest BCUT2D eigenvalue weighted by molar-refractivity contribution is 5.61. The minimum absolute atomic E-state index is 0.249. The third-order valence-corrected chi connectivity index (χ3v) is 2.89. The lowest BCUT2D eigenvalue weighted by Gasteiger charge is -2.13. The molecule has 0 amide bonds. The maximum absolute atomic E-state index is 5.26. The summed E-state index contributed by atoms with van der Waals surface area (Å²) in [6, 6.07) is 0. The molecule has 0 bridgehead atoms. The van der Waals surface area contributed by atoms with Crippen LogP contribution in [-0.4, -0.2) is 55.8 Å². The number of nitrogens with zero attached hydrogens (tertiary/aromatic N) is 4. The van der Waals surface area contributed by atoms with Crippen molar-refractivity contribution in [3.63, 3.8) is 0 Å². The lowest BCUT2D eigenvalue weighted by atomic mass is 10.3. The molecule has 2 atom stereocenters. The van der Waals surface area contributed by atoms with Gasteiger partial charge in [0, 0.05) is 28.4 Å². The number of aromatic nitrogens is 3. The van der Waals surface area contributed by atoms with Crippen LogP contribution in [0.3, 0.4) is 0 Å². The van der Waals surface area contributed by atoms with Crippen LogP contribution >= 0.6 is 0 Å². The van der Waals surface area contributed by atoms with E-state index in [2.05, 4.69) is 15.3 Å². The van der Waals surface area contributed by atoms with Crippen molar-refractivity contribution < 1.29 is 18.9 Å². The topological polar surface area (TPSA) is 80.0 Å². The fourth-order valence-corrected chi connectivity index (χ4v) is 1.48. The number of methoxy groups -OCH3 is 4. The van der Waals surface area contributed by atoms with Crippen LogP contribution in [0.15, 0.2) is 5.10 Å². The molecule has 114 valence electrons. The second-order valence-electron chi connectivity index (χ2n) is 4.09. The molecule has 1 aromatic heterocycles. The summed E-state index contributed by atoms with van der Waals surface area (Å²) < 4.78 is 22.2. The van der Waals surface area contributed by atoms with Gasteiger partial charge in [0.15, 0.2) is 17.9 Å². The number of ether oxygens (including phenoxy) is 4. The molecule has 0 radical (unpaired) electrons. The second kappa shape index (κ2) is 8.05. The van der Waals surface area contributed by atoms with Gasteiger partial charge in [-0.2, -0.15) is 9.78 Å². The summed E-state index contributed by atoms with van der Waals surface area (Å²) in [5, 5.41) is 12.5. The SMILES string of the molecule is COC(C=Nn1c(C(C)OC)nnc1C(C)OC)OC. The van der Waals surface area contributed by atoms with Crippen molar-refractivity contribution in [1.82, 2.24) is 14.9 Å². The Balaban J connectivity index is 3.14. The van der Waals surface area contributed by atoms with Gasteiger partial charge in [0.05, 0.1) is 6.21 Å². The normalized spacial score (nSPS) is 15.2. The second-order valence-corrected chi connectivity index (χ2v) is 4.09. The van der Waals surface area contributed by atoms with Crippen molar-refractivity contribution in [2.24, 2.45) is 5.10 Å². The first-order valence-corrected chi connectivity index (χ1v) is 6.19. The van der Waals surface area contributed by atoms with E-state index in [1.54, 1.807) is 18.9 Å². The Kier molecular flexibility index (Phi) is 6.73. The van der Waals surface area contributed by atoms with Crippen LogP contribution in [0.4, 0.5) is 0 Å². The molecule has 8 heteroatoms. The standard InChI is InChI=1S/C12H22N4O4/c1-8(17-3)11-14-15-12(9(2)18-4)16(11)13-7-10(19-5)20-6/h7-10H,1-6H3. The van der Waals surface area contributed by atoms with Gasteiger partial charge in [0.25, 0.3) is 0 Å². The monoisotopic (exact) mass is 286 g/mol. The first-order chi connectivity index (χ1) is 9.58. The number of rotatable bonds is 8. The van der Waals surface area contributed by atoms with Crippen LogP contribution in [-0.2, 0) is 18.9 Å². The molecular formula is C12H22N4O4. The van der Waals surface area contributed by atoms with E-state index >= 15 is 0 Å². The number of hydrogen-bond donors (Lipinski definition) is 0. The molecule has 0 aromatic carbocycles. The predicted molar refractivity (Wildman–Crippen MR) is 72.6 cm³/mol. The summed E-state index contributed by atoms with van der Waals surface area (Å²) in [6.07, 6.45) is 0.469. The van der Waals surface area contributed by atoms with Crippen molar-refractivity contribution >= 4 is 6.21 Å². The Morgan fingerprint density at radius 1 is 0.900 bits per heavy atom. The fourth-order valence-electron chi connectivity index (χ4n) is 1.48. The van der Waals surface area contributed by atoms with Crippen LogP contribution in [0, 0.1) is 0 Å². The highest BCUT2D eigenvalue weighted by atomic mass is 16.7. The maximum Gasteiger partial charge on any atom is 0.195 e. The molecule has 0 aliphatic carbocycles. The quantitative estimate of drug-likeness (QED) is 0.527. The van der Waals surface area contributed by atoms with E-state index in [0.717, 1.165) is 0 Å². The largest absolute Gasteiger partial charge is 0.374 e. The van der Waals surface area contributed by atoms with E-state index in [1.807, 2.05) is 13.8 Å². The molecule has 1 aromatic rings. The van der Waals surface area contributed by atoms with Crippen LogP contribution < -0.4 is 0 Å². The molecule has 8 nitrogen and oxygen atoms in total. The van der Waals surface area contributed by atoms with Gasteiger partial charge in [0.2, 0.25) is 0 Å². The summed E-state index contributed by atoms with van der Waals surface area (Å²) >= 11 is 0.